The van der Waals surface area contributed by atoms with Crippen LogP contribution in [-0.2, 0) is 19.8 Å². The van der Waals surface area contributed by atoms with Crippen LogP contribution in [0, 0.1) is 5.82 Å². The normalized spacial score (nSPS) is 15.9. The highest BCUT2D eigenvalue weighted by Crippen LogP contribution is 2.35. The smallest absolute Gasteiger partial charge is 0.335 e. The topological polar surface area (TPSA) is 41.4 Å². The summed E-state index contributed by atoms with van der Waals surface area (Å²) in [6, 6.07) is 4.16. The lowest BCUT2D eigenvalue weighted by atomic mass is 10.2. The number of rotatable bonds is 3. The van der Waals surface area contributed by atoms with E-state index in [1.54, 1.807) is 6.07 Å². The van der Waals surface area contributed by atoms with Crippen LogP contribution in [0.2, 0.25) is 10.0 Å². The first-order chi connectivity index (χ1) is 13.1. The third-order valence-electron chi connectivity index (χ3n) is 4.53. The number of aryl methyl sites for hydroxylation is 1. The predicted molar refractivity (Wildman–Crippen MR) is 95.8 cm³/mol. The highest BCUT2D eigenvalue weighted by molar-refractivity contribution is 6.34. The average molecular weight is 439 g/mol. The lowest BCUT2D eigenvalue weighted by molar-refractivity contribution is -0.141. The lowest BCUT2D eigenvalue weighted by Crippen LogP contribution is -2.48. The summed E-state index contributed by atoms with van der Waals surface area (Å²) in [6.07, 6.45) is -4.74. The molecule has 152 valence electrons. The van der Waals surface area contributed by atoms with Gasteiger partial charge in [-0.1, -0.05) is 29.3 Å². The van der Waals surface area contributed by atoms with Gasteiger partial charge in [0.2, 0.25) is 0 Å². The SMILES string of the molecule is Cn1nc(C(F)(F)F)c(Cl)c1C(=O)N1CCN(Cc2ccc(F)cc2Cl)CC1. The average Bonchev–Trinajstić information content (AvgIpc) is 2.92. The first kappa shape index (κ1) is 20.9. The van der Waals surface area contributed by atoms with Crippen LogP contribution >= 0.6 is 23.2 Å². The summed E-state index contributed by atoms with van der Waals surface area (Å²) in [5.74, 6) is -1.02. The van der Waals surface area contributed by atoms with Crippen molar-refractivity contribution in [3.05, 3.63) is 51.0 Å². The zero-order valence-electron chi connectivity index (χ0n) is 14.7. The molecule has 11 heteroatoms. The van der Waals surface area contributed by atoms with Gasteiger partial charge in [-0.15, -0.1) is 0 Å². The molecule has 1 amide bonds. The molecule has 5 nitrogen and oxygen atoms in total. The Bertz CT molecular complexity index is 892. The standard InChI is InChI=1S/C17H16Cl2F4N4O/c1-25-14(13(19)15(24-25)17(21,22)23)16(28)27-6-4-26(5-7-27)9-10-2-3-11(20)8-12(10)18/h2-3,8H,4-7,9H2,1H3. The van der Waals surface area contributed by atoms with Crippen molar-refractivity contribution in [1.82, 2.24) is 19.6 Å². The van der Waals surface area contributed by atoms with Gasteiger partial charge < -0.3 is 4.90 Å². The van der Waals surface area contributed by atoms with Gasteiger partial charge in [0.25, 0.3) is 5.91 Å². The number of nitrogens with zero attached hydrogens (tertiary/aromatic N) is 4. The van der Waals surface area contributed by atoms with Crippen molar-refractivity contribution in [3.8, 4) is 0 Å². The van der Waals surface area contributed by atoms with E-state index >= 15 is 0 Å². The fourth-order valence-electron chi connectivity index (χ4n) is 3.06. The minimum Gasteiger partial charge on any atom is -0.335 e. The Hall–Kier alpha value is -1.84. The Morgan fingerprint density at radius 1 is 1.18 bits per heavy atom. The summed E-state index contributed by atoms with van der Waals surface area (Å²) in [6.45, 7) is 2.06. The third kappa shape index (κ3) is 4.26. The van der Waals surface area contributed by atoms with Crippen LogP contribution in [0.5, 0.6) is 0 Å². The van der Waals surface area contributed by atoms with E-state index in [4.69, 9.17) is 23.2 Å². The van der Waals surface area contributed by atoms with Crippen molar-refractivity contribution < 1.29 is 22.4 Å². The molecule has 28 heavy (non-hydrogen) atoms. The molecule has 0 atom stereocenters. The maximum atomic E-state index is 13.1. The van der Waals surface area contributed by atoms with Gasteiger partial charge in [0.05, 0.1) is 0 Å². The zero-order chi connectivity index (χ0) is 20.6. The Kier molecular flexibility index (Phi) is 5.88. The largest absolute Gasteiger partial charge is 0.436 e. The predicted octanol–water partition coefficient (Wildman–Crippen LogP) is 3.84. The highest BCUT2D eigenvalue weighted by atomic mass is 35.5. The van der Waals surface area contributed by atoms with E-state index in [-0.39, 0.29) is 5.69 Å². The molecule has 0 radical (unpaired) electrons. The van der Waals surface area contributed by atoms with Crippen molar-refractivity contribution >= 4 is 29.1 Å². The molecule has 1 aliphatic heterocycles. The van der Waals surface area contributed by atoms with Crippen LogP contribution in [0.3, 0.4) is 0 Å². The minimum absolute atomic E-state index is 0.288. The molecule has 0 unspecified atom stereocenters. The van der Waals surface area contributed by atoms with Crippen LogP contribution in [0.4, 0.5) is 17.6 Å². The van der Waals surface area contributed by atoms with Gasteiger partial charge in [0.1, 0.15) is 16.5 Å². The summed E-state index contributed by atoms with van der Waals surface area (Å²) in [5, 5.41) is 2.97. The number of hydrogen-bond acceptors (Lipinski definition) is 3. The van der Waals surface area contributed by atoms with Gasteiger partial charge in [0.15, 0.2) is 5.69 Å². The maximum Gasteiger partial charge on any atom is 0.436 e. The van der Waals surface area contributed by atoms with E-state index in [2.05, 4.69) is 5.10 Å². The van der Waals surface area contributed by atoms with Gasteiger partial charge in [0, 0.05) is 44.8 Å². The Labute approximate surface area is 168 Å². The van der Waals surface area contributed by atoms with E-state index in [0.717, 1.165) is 10.2 Å². The second kappa shape index (κ2) is 7.88. The number of halogens is 6. The number of aromatic nitrogens is 2. The van der Waals surface area contributed by atoms with Crippen LogP contribution in [0.15, 0.2) is 18.2 Å². The molecule has 2 aromatic rings. The molecule has 3 rings (SSSR count). The summed E-state index contributed by atoms with van der Waals surface area (Å²) in [4.78, 5) is 16.1. The lowest BCUT2D eigenvalue weighted by Gasteiger charge is -2.34. The second-order valence-corrected chi connectivity index (χ2v) is 7.22. The highest BCUT2D eigenvalue weighted by Gasteiger charge is 2.40. The quantitative estimate of drug-likeness (QED) is 0.683. The number of amides is 1. The Balaban J connectivity index is 1.67. The summed E-state index contributed by atoms with van der Waals surface area (Å²) >= 11 is 11.8. The number of carbonyl (C=O) groups is 1. The number of hydrogen-bond donors (Lipinski definition) is 0. The molecule has 1 aliphatic rings. The molecule has 2 heterocycles. The molecule has 1 saturated heterocycles. The van der Waals surface area contributed by atoms with Crippen LogP contribution in [0.1, 0.15) is 21.7 Å². The molecule has 0 bridgehead atoms. The first-order valence-corrected chi connectivity index (χ1v) is 9.08. The molecule has 1 fully saturated rings. The second-order valence-electron chi connectivity index (χ2n) is 6.44. The molecular weight excluding hydrogens is 423 g/mol. The molecule has 0 aliphatic carbocycles. The number of piperazine rings is 1. The van der Waals surface area contributed by atoms with Gasteiger partial charge in [-0.05, 0) is 17.7 Å². The molecule has 0 saturated carbocycles. The minimum atomic E-state index is -4.74. The third-order valence-corrected chi connectivity index (χ3v) is 5.24. The van der Waals surface area contributed by atoms with Gasteiger partial charge in [-0.25, -0.2) is 4.39 Å². The van der Waals surface area contributed by atoms with E-state index in [1.807, 2.05) is 4.90 Å². The van der Waals surface area contributed by atoms with Gasteiger partial charge in [-0.3, -0.25) is 14.4 Å². The van der Waals surface area contributed by atoms with Crippen molar-refractivity contribution in [3.63, 3.8) is 0 Å². The summed E-state index contributed by atoms with van der Waals surface area (Å²) in [5.41, 5.74) is -0.805. The van der Waals surface area contributed by atoms with E-state index < -0.39 is 28.6 Å². The fourth-order valence-corrected chi connectivity index (χ4v) is 3.64. The maximum absolute atomic E-state index is 13.1. The van der Waals surface area contributed by atoms with E-state index in [0.29, 0.717) is 37.7 Å². The van der Waals surface area contributed by atoms with Crippen LogP contribution in [-0.4, -0.2) is 51.7 Å². The summed E-state index contributed by atoms with van der Waals surface area (Å²) in [7, 11) is 1.25. The number of alkyl halides is 3. The summed E-state index contributed by atoms with van der Waals surface area (Å²) < 4.78 is 52.8. The van der Waals surface area contributed by atoms with E-state index in [1.165, 1.54) is 24.1 Å². The number of benzene rings is 1. The Morgan fingerprint density at radius 2 is 1.82 bits per heavy atom. The first-order valence-electron chi connectivity index (χ1n) is 8.33. The number of carbonyl (C=O) groups excluding carboxylic acids is 1. The molecule has 1 aromatic carbocycles. The zero-order valence-corrected chi connectivity index (χ0v) is 16.2. The fraction of sp³-hybridized carbons (Fsp3) is 0.412. The van der Waals surface area contributed by atoms with Crippen LogP contribution in [0.25, 0.3) is 0 Å². The monoisotopic (exact) mass is 438 g/mol. The van der Waals surface area contributed by atoms with Crippen molar-refractivity contribution in [2.45, 2.75) is 12.7 Å². The molecular formula is C17H16Cl2F4N4O. The van der Waals surface area contributed by atoms with Crippen LogP contribution < -0.4 is 0 Å². The van der Waals surface area contributed by atoms with Gasteiger partial charge in [-0.2, -0.15) is 18.3 Å². The Morgan fingerprint density at radius 3 is 2.36 bits per heavy atom. The molecule has 0 spiro atoms. The van der Waals surface area contributed by atoms with Crippen molar-refractivity contribution in [2.75, 3.05) is 26.2 Å². The molecule has 1 aromatic heterocycles. The van der Waals surface area contributed by atoms with Crippen molar-refractivity contribution in [1.29, 1.82) is 0 Å². The van der Waals surface area contributed by atoms with Crippen molar-refractivity contribution in [2.24, 2.45) is 7.05 Å². The van der Waals surface area contributed by atoms with Gasteiger partial charge >= 0.3 is 6.18 Å². The van der Waals surface area contributed by atoms with E-state index in [9.17, 15) is 22.4 Å². The molecule has 0 N–H and O–H groups in total.